The van der Waals surface area contributed by atoms with Gasteiger partial charge in [-0.3, -0.25) is 4.79 Å². The van der Waals surface area contributed by atoms with Crippen molar-refractivity contribution in [2.45, 2.75) is 33.4 Å². The Balaban J connectivity index is 2.42. The maximum atomic E-state index is 11.4. The molecule has 0 radical (unpaired) electrons. The minimum atomic E-state index is -0.120. The Morgan fingerprint density at radius 1 is 1.28 bits per heavy atom. The molecule has 1 amide bonds. The van der Waals surface area contributed by atoms with Gasteiger partial charge in [-0.25, -0.2) is 0 Å². The summed E-state index contributed by atoms with van der Waals surface area (Å²) in [6.07, 6.45) is 0. The molecule has 0 saturated heterocycles. The smallest absolute Gasteiger partial charge is 0.250 e. The lowest BCUT2D eigenvalue weighted by atomic mass is 10.2. The first kappa shape index (κ1) is 14.7. The molecule has 0 aliphatic carbocycles. The van der Waals surface area contributed by atoms with Crippen molar-refractivity contribution in [2.75, 3.05) is 18.5 Å². The predicted molar refractivity (Wildman–Crippen MR) is 73.5 cm³/mol. The molecule has 2 N–H and O–H groups in total. The number of rotatable bonds is 7. The van der Waals surface area contributed by atoms with E-state index in [1.807, 2.05) is 31.2 Å². The molecule has 0 unspecified atom stereocenters. The van der Waals surface area contributed by atoms with E-state index in [2.05, 4.69) is 24.5 Å². The summed E-state index contributed by atoms with van der Waals surface area (Å²) in [6.45, 7) is 7.58. The molecule has 0 aliphatic rings. The highest BCUT2D eigenvalue weighted by Crippen LogP contribution is 2.09. The van der Waals surface area contributed by atoms with Crippen LogP contribution in [0.3, 0.4) is 0 Å². The largest absolute Gasteiger partial charge is 0.372 e. The molecule has 0 spiro atoms. The second kappa shape index (κ2) is 7.84. The molecule has 0 aliphatic heterocycles. The van der Waals surface area contributed by atoms with Gasteiger partial charge in [0, 0.05) is 24.9 Å². The second-order valence-corrected chi connectivity index (χ2v) is 4.42. The van der Waals surface area contributed by atoms with E-state index in [4.69, 9.17) is 4.74 Å². The lowest BCUT2D eigenvalue weighted by Gasteiger charge is -2.09. The van der Waals surface area contributed by atoms with Gasteiger partial charge >= 0.3 is 0 Å². The van der Waals surface area contributed by atoms with Gasteiger partial charge in [0.15, 0.2) is 0 Å². The third-order valence-electron chi connectivity index (χ3n) is 2.39. The second-order valence-electron chi connectivity index (χ2n) is 4.42. The van der Waals surface area contributed by atoms with E-state index in [1.54, 1.807) is 0 Å². The molecule has 1 rings (SSSR count). The third kappa shape index (κ3) is 5.80. The van der Waals surface area contributed by atoms with Crippen molar-refractivity contribution in [3.05, 3.63) is 29.8 Å². The average Bonchev–Trinajstić information content (AvgIpc) is 2.35. The molecule has 4 nitrogen and oxygen atoms in total. The highest BCUT2D eigenvalue weighted by atomic mass is 16.5. The summed E-state index contributed by atoms with van der Waals surface area (Å²) in [6, 6.07) is 8.29. The lowest BCUT2D eigenvalue weighted by Crippen LogP contribution is -2.21. The van der Waals surface area contributed by atoms with Crippen molar-refractivity contribution in [3.8, 4) is 0 Å². The van der Waals surface area contributed by atoms with Crippen LogP contribution in [0.25, 0.3) is 0 Å². The molecule has 0 aromatic heterocycles. The fourth-order valence-corrected chi connectivity index (χ4v) is 1.42. The van der Waals surface area contributed by atoms with Crippen molar-refractivity contribution in [1.82, 2.24) is 5.32 Å². The highest BCUT2D eigenvalue weighted by molar-refractivity contribution is 5.91. The summed E-state index contributed by atoms with van der Waals surface area (Å²) in [5.41, 5.74) is 2.00. The molecular weight excluding hydrogens is 228 g/mol. The topological polar surface area (TPSA) is 50.4 Å². The first-order valence-electron chi connectivity index (χ1n) is 6.31. The normalized spacial score (nSPS) is 10.7. The zero-order valence-electron chi connectivity index (χ0n) is 11.3. The van der Waals surface area contributed by atoms with Crippen LogP contribution in [-0.4, -0.2) is 25.2 Å². The van der Waals surface area contributed by atoms with Gasteiger partial charge in [-0.1, -0.05) is 26.0 Å². The van der Waals surface area contributed by atoms with Crippen LogP contribution in [0.15, 0.2) is 24.3 Å². The summed E-state index contributed by atoms with van der Waals surface area (Å²) in [7, 11) is 0. The molecule has 0 atom stereocenters. The fourth-order valence-electron chi connectivity index (χ4n) is 1.42. The number of carbonyl (C=O) groups excluding carboxylic acids is 1. The van der Waals surface area contributed by atoms with Crippen molar-refractivity contribution in [2.24, 2.45) is 0 Å². The number of anilines is 1. The fraction of sp³-hybridized carbons (Fsp3) is 0.500. The van der Waals surface area contributed by atoms with E-state index >= 15 is 0 Å². The zero-order chi connectivity index (χ0) is 13.4. The minimum Gasteiger partial charge on any atom is -0.372 e. The Morgan fingerprint density at radius 3 is 2.50 bits per heavy atom. The van der Waals surface area contributed by atoms with Crippen LogP contribution in [0.1, 0.15) is 26.3 Å². The standard InChI is InChI=1S/C14H22N2O2/c1-4-18-10-14(17)16-13-7-5-12(6-8-13)9-15-11(2)3/h5-8,11,15H,4,9-10H2,1-3H3,(H,16,17). The monoisotopic (exact) mass is 250 g/mol. The molecule has 0 fully saturated rings. The number of ether oxygens (including phenoxy) is 1. The van der Waals surface area contributed by atoms with Crippen LogP contribution in [-0.2, 0) is 16.1 Å². The summed E-state index contributed by atoms with van der Waals surface area (Å²) >= 11 is 0. The summed E-state index contributed by atoms with van der Waals surface area (Å²) in [5, 5.41) is 6.13. The first-order chi connectivity index (χ1) is 8.61. The van der Waals surface area contributed by atoms with Gasteiger partial charge in [0.2, 0.25) is 5.91 Å². The SMILES string of the molecule is CCOCC(=O)Nc1ccc(CNC(C)C)cc1. The van der Waals surface area contributed by atoms with Crippen LogP contribution in [0, 0.1) is 0 Å². The Bertz CT molecular complexity index is 361. The zero-order valence-corrected chi connectivity index (χ0v) is 11.3. The molecule has 0 bridgehead atoms. The number of hydrogen-bond donors (Lipinski definition) is 2. The molecule has 100 valence electrons. The Hall–Kier alpha value is -1.39. The Kier molecular flexibility index (Phi) is 6.39. The molecule has 18 heavy (non-hydrogen) atoms. The van der Waals surface area contributed by atoms with Gasteiger partial charge in [0.1, 0.15) is 6.61 Å². The maximum Gasteiger partial charge on any atom is 0.250 e. The number of carbonyl (C=O) groups is 1. The van der Waals surface area contributed by atoms with Gasteiger partial charge in [0.25, 0.3) is 0 Å². The molecular formula is C14H22N2O2. The van der Waals surface area contributed by atoms with E-state index in [0.29, 0.717) is 12.6 Å². The van der Waals surface area contributed by atoms with Crippen LogP contribution >= 0.6 is 0 Å². The van der Waals surface area contributed by atoms with Crippen LogP contribution in [0.4, 0.5) is 5.69 Å². The van der Waals surface area contributed by atoms with E-state index in [1.165, 1.54) is 5.56 Å². The average molecular weight is 250 g/mol. The maximum absolute atomic E-state index is 11.4. The molecule has 0 saturated carbocycles. The van der Waals surface area contributed by atoms with Crippen LogP contribution in [0.5, 0.6) is 0 Å². The lowest BCUT2D eigenvalue weighted by molar-refractivity contribution is -0.120. The minimum absolute atomic E-state index is 0.104. The van der Waals surface area contributed by atoms with Gasteiger partial charge in [-0.05, 0) is 24.6 Å². The summed E-state index contributed by atoms with van der Waals surface area (Å²) < 4.78 is 5.03. The van der Waals surface area contributed by atoms with Gasteiger partial charge in [-0.15, -0.1) is 0 Å². The summed E-state index contributed by atoms with van der Waals surface area (Å²) in [5.74, 6) is -0.120. The van der Waals surface area contributed by atoms with Crippen LogP contribution in [0.2, 0.25) is 0 Å². The number of benzene rings is 1. The molecule has 0 heterocycles. The number of nitrogens with one attached hydrogen (secondary N) is 2. The van der Waals surface area contributed by atoms with Gasteiger partial charge < -0.3 is 15.4 Å². The van der Waals surface area contributed by atoms with E-state index in [9.17, 15) is 4.79 Å². The van der Waals surface area contributed by atoms with Crippen molar-refractivity contribution < 1.29 is 9.53 Å². The summed E-state index contributed by atoms with van der Waals surface area (Å²) in [4.78, 5) is 11.4. The van der Waals surface area contributed by atoms with E-state index in [0.717, 1.165) is 12.2 Å². The molecule has 4 heteroatoms. The number of hydrogen-bond acceptors (Lipinski definition) is 3. The van der Waals surface area contributed by atoms with Crippen molar-refractivity contribution >= 4 is 11.6 Å². The highest BCUT2D eigenvalue weighted by Gasteiger charge is 2.02. The van der Waals surface area contributed by atoms with Crippen molar-refractivity contribution in [3.63, 3.8) is 0 Å². The van der Waals surface area contributed by atoms with Gasteiger partial charge in [-0.2, -0.15) is 0 Å². The number of amides is 1. The molecule has 1 aromatic rings. The first-order valence-corrected chi connectivity index (χ1v) is 6.31. The third-order valence-corrected chi connectivity index (χ3v) is 2.39. The molecule has 1 aromatic carbocycles. The Labute approximate surface area is 109 Å². The van der Waals surface area contributed by atoms with E-state index in [-0.39, 0.29) is 12.5 Å². The van der Waals surface area contributed by atoms with Crippen molar-refractivity contribution in [1.29, 1.82) is 0 Å². The quantitative estimate of drug-likeness (QED) is 0.779. The van der Waals surface area contributed by atoms with Gasteiger partial charge in [0.05, 0.1) is 0 Å². The van der Waals surface area contributed by atoms with E-state index < -0.39 is 0 Å². The predicted octanol–water partition coefficient (Wildman–Crippen LogP) is 2.16. The Morgan fingerprint density at radius 2 is 1.94 bits per heavy atom. The van der Waals surface area contributed by atoms with Crippen LogP contribution < -0.4 is 10.6 Å².